The van der Waals surface area contributed by atoms with Gasteiger partial charge in [-0.05, 0) is 12.8 Å². The standard InChI is InChI=1S/C9H11N3/c1-6(2)9-7(3)11-5-12-8(9)4-10/h5-6H,1-3H3. The van der Waals surface area contributed by atoms with E-state index in [9.17, 15) is 0 Å². The molecular formula is C9H11N3. The molecule has 0 amide bonds. The van der Waals surface area contributed by atoms with E-state index < -0.39 is 0 Å². The predicted octanol–water partition coefficient (Wildman–Crippen LogP) is 1.78. The summed E-state index contributed by atoms with van der Waals surface area (Å²) >= 11 is 0. The lowest BCUT2D eigenvalue weighted by Gasteiger charge is -2.08. The molecule has 0 unspecified atom stereocenters. The fraction of sp³-hybridized carbons (Fsp3) is 0.444. The Balaban J connectivity index is 3.32. The largest absolute Gasteiger partial charge is 0.241 e. The van der Waals surface area contributed by atoms with Gasteiger partial charge in [-0.2, -0.15) is 5.26 Å². The summed E-state index contributed by atoms with van der Waals surface area (Å²) in [5.74, 6) is 0.306. The van der Waals surface area contributed by atoms with Gasteiger partial charge in [0.05, 0.1) is 0 Å². The molecule has 0 aliphatic rings. The molecule has 0 N–H and O–H groups in total. The van der Waals surface area contributed by atoms with Gasteiger partial charge in [-0.1, -0.05) is 13.8 Å². The number of aromatic nitrogens is 2. The second kappa shape index (κ2) is 3.31. The van der Waals surface area contributed by atoms with Crippen LogP contribution in [0.3, 0.4) is 0 Å². The van der Waals surface area contributed by atoms with E-state index in [2.05, 4.69) is 16.0 Å². The van der Waals surface area contributed by atoms with E-state index in [1.54, 1.807) is 0 Å². The molecule has 3 heteroatoms. The second-order valence-corrected chi connectivity index (χ2v) is 2.99. The first kappa shape index (κ1) is 8.66. The molecule has 0 atom stereocenters. The molecule has 0 bridgehead atoms. The minimum Gasteiger partial charge on any atom is -0.241 e. The topological polar surface area (TPSA) is 49.6 Å². The van der Waals surface area contributed by atoms with Crippen molar-refractivity contribution in [3.05, 3.63) is 23.3 Å². The van der Waals surface area contributed by atoms with Crippen molar-refractivity contribution < 1.29 is 0 Å². The Morgan fingerprint density at radius 3 is 2.50 bits per heavy atom. The van der Waals surface area contributed by atoms with Gasteiger partial charge in [0.15, 0.2) is 0 Å². The molecule has 1 aromatic heterocycles. The minimum atomic E-state index is 0.306. The first-order valence-electron chi connectivity index (χ1n) is 3.88. The summed E-state index contributed by atoms with van der Waals surface area (Å²) in [4.78, 5) is 7.95. The van der Waals surface area contributed by atoms with Crippen LogP contribution in [0.15, 0.2) is 6.33 Å². The molecule has 1 aromatic rings. The first-order chi connectivity index (χ1) is 5.66. The SMILES string of the molecule is Cc1ncnc(C#N)c1C(C)C. The fourth-order valence-electron chi connectivity index (χ4n) is 1.26. The Kier molecular flexibility index (Phi) is 2.39. The number of hydrogen-bond donors (Lipinski definition) is 0. The van der Waals surface area contributed by atoms with E-state index in [0.717, 1.165) is 11.3 Å². The molecule has 62 valence electrons. The maximum Gasteiger partial charge on any atom is 0.147 e. The lowest BCUT2D eigenvalue weighted by atomic mass is 10.0. The summed E-state index contributed by atoms with van der Waals surface area (Å²) in [6.07, 6.45) is 1.43. The van der Waals surface area contributed by atoms with Crippen molar-refractivity contribution in [2.75, 3.05) is 0 Å². The van der Waals surface area contributed by atoms with Crippen molar-refractivity contribution in [3.63, 3.8) is 0 Å². The summed E-state index contributed by atoms with van der Waals surface area (Å²) in [5.41, 5.74) is 2.36. The predicted molar refractivity (Wildman–Crippen MR) is 45.6 cm³/mol. The molecular weight excluding hydrogens is 150 g/mol. The molecule has 3 nitrogen and oxygen atoms in total. The Bertz CT molecular complexity index is 323. The van der Waals surface area contributed by atoms with Crippen molar-refractivity contribution in [1.29, 1.82) is 5.26 Å². The Morgan fingerprint density at radius 1 is 1.42 bits per heavy atom. The first-order valence-corrected chi connectivity index (χ1v) is 3.88. The van der Waals surface area contributed by atoms with Crippen LogP contribution in [0.5, 0.6) is 0 Å². The Labute approximate surface area is 72.1 Å². The average Bonchev–Trinajstić information content (AvgIpc) is 2.03. The van der Waals surface area contributed by atoms with Crippen molar-refractivity contribution in [2.24, 2.45) is 0 Å². The maximum atomic E-state index is 8.75. The third-order valence-electron chi connectivity index (χ3n) is 1.77. The zero-order valence-electron chi connectivity index (χ0n) is 7.50. The Morgan fingerprint density at radius 2 is 2.08 bits per heavy atom. The lowest BCUT2D eigenvalue weighted by Crippen LogP contribution is -2.01. The number of nitriles is 1. The van der Waals surface area contributed by atoms with E-state index in [1.165, 1.54) is 6.33 Å². The van der Waals surface area contributed by atoms with Crippen LogP contribution in [0.1, 0.15) is 36.7 Å². The van der Waals surface area contributed by atoms with E-state index >= 15 is 0 Å². The number of aryl methyl sites for hydroxylation is 1. The number of rotatable bonds is 1. The van der Waals surface area contributed by atoms with Crippen LogP contribution in [0, 0.1) is 18.3 Å². The van der Waals surface area contributed by atoms with Crippen LogP contribution in [0.25, 0.3) is 0 Å². The molecule has 1 heterocycles. The third kappa shape index (κ3) is 1.42. The summed E-state index contributed by atoms with van der Waals surface area (Å²) < 4.78 is 0. The quantitative estimate of drug-likeness (QED) is 0.630. The summed E-state index contributed by atoms with van der Waals surface area (Å²) in [7, 11) is 0. The summed E-state index contributed by atoms with van der Waals surface area (Å²) in [6.45, 7) is 5.97. The van der Waals surface area contributed by atoms with Crippen LogP contribution < -0.4 is 0 Å². The molecule has 0 saturated heterocycles. The van der Waals surface area contributed by atoms with E-state index in [1.807, 2.05) is 20.8 Å². The minimum absolute atomic E-state index is 0.306. The third-order valence-corrected chi connectivity index (χ3v) is 1.77. The molecule has 0 aliphatic heterocycles. The van der Waals surface area contributed by atoms with Gasteiger partial charge in [-0.3, -0.25) is 0 Å². The zero-order valence-corrected chi connectivity index (χ0v) is 7.50. The average molecular weight is 161 g/mol. The molecule has 0 fully saturated rings. The Hall–Kier alpha value is -1.43. The highest BCUT2D eigenvalue weighted by Gasteiger charge is 2.10. The number of hydrogen-bond acceptors (Lipinski definition) is 3. The van der Waals surface area contributed by atoms with E-state index in [0.29, 0.717) is 11.6 Å². The van der Waals surface area contributed by atoms with Crippen LogP contribution in [0.2, 0.25) is 0 Å². The fourth-order valence-corrected chi connectivity index (χ4v) is 1.26. The van der Waals surface area contributed by atoms with Gasteiger partial charge in [0, 0.05) is 11.3 Å². The molecule has 1 rings (SSSR count). The van der Waals surface area contributed by atoms with Gasteiger partial charge in [0.1, 0.15) is 18.1 Å². The molecule has 0 aromatic carbocycles. The molecule has 0 aliphatic carbocycles. The highest BCUT2D eigenvalue weighted by atomic mass is 14.8. The van der Waals surface area contributed by atoms with E-state index in [4.69, 9.17) is 5.26 Å². The van der Waals surface area contributed by atoms with Crippen molar-refractivity contribution in [1.82, 2.24) is 9.97 Å². The van der Waals surface area contributed by atoms with Gasteiger partial charge in [-0.15, -0.1) is 0 Å². The normalized spacial score (nSPS) is 9.92. The highest BCUT2D eigenvalue weighted by molar-refractivity contribution is 5.35. The second-order valence-electron chi connectivity index (χ2n) is 2.99. The van der Waals surface area contributed by atoms with Gasteiger partial charge in [0.25, 0.3) is 0 Å². The molecule has 0 spiro atoms. The molecule has 0 radical (unpaired) electrons. The van der Waals surface area contributed by atoms with Crippen LogP contribution in [-0.2, 0) is 0 Å². The summed E-state index contributed by atoms with van der Waals surface area (Å²) in [5, 5.41) is 8.75. The van der Waals surface area contributed by atoms with Gasteiger partial charge < -0.3 is 0 Å². The van der Waals surface area contributed by atoms with Gasteiger partial charge >= 0.3 is 0 Å². The van der Waals surface area contributed by atoms with Crippen LogP contribution in [-0.4, -0.2) is 9.97 Å². The number of nitrogens with zero attached hydrogens (tertiary/aromatic N) is 3. The summed E-state index contributed by atoms with van der Waals surface area (Å²) in [6, 6.07) is 2.07. The highest BCUT2D eigenvalue weighted by Crippen LogP contribution is 2.19. The van der Waals surface area contributed by atoms with Crippen molar-refractivity contribution >= 4 is 0 Å². The monoisotopic (exact) mass is 161 g/mol. The smallest absolute Gasteiger partial charge is 0.147 e. The van der Waals surface area contributed by atoms with Crippen molar-refractivity contribution in [2.45, 2.75) is 26.7 Å². The molecule has 12 heavy (non-hydrogen) atoms. The molecule has 0 saturated carbocycles. The van der Waals surface area contributed by atoms with Crippen molar-refractivity contribution in [3.8, 4) is 6.07 Å². The lowest BCUT2D eigenvalue weighted by molar-refractivity contribution is 0.821. The maximum absolute atomic E-state index is 8.75. The van der Waals surface area contributed by atoms with Gasteiger partial charge in [-0.25, -0.2) is 9.97 Å². The van der Waals surface area contributed by atoms with Crippen LogP contribution >= 0.6 is 0 Å². The zero-order chi connectivity index (χ0) is 9.14. The van der Waals surface area contributed by atoms with E-state index in [-0.39, 0.29) is 0 Å². The van der Waals surface area contributed by atoms with Gasteiger partial charge in [0.2, 0.25) is 0 Å². The van der Waals surface area contributed by atoms with Crippen LogP contribution in [0.4, 0.5) is 0 Å².